The van der Waals surface area contributed by atoms with Crippen LogP contribution in [0.1, 0.15) is 81.5 Å². The van der Waals surface area contributed by atoms with Crippen LogP contribution in [0.5, 0.6) is 0 Å². The van der Waals surface area contributed by atoms with Gasteiger partial charge in [-0.25, -0.2) is 9.50 Å². The van der Waals surface area contributed by atoms with Crippen molar-refractivity contribution in [2.24, 2.45) is 5.92 Å². The molecule has 32 heavy (non-hydrogen) atoms. The average Bonchev–Trinajstić information content (AvgIpc) is 3.26. The van der Waals surface area contributed by atoms with E-state index in [-0.39, 0.29) is 0 Å². The molecule has 166 valence electrons. The second-order valence-electron chi connectivity index (χ2n) is 9.71. The Bertz CT molecular complexity index is 1240. The van der Waals surface area contributed by atoms with Crippen LogP contribution < -0.4 is 0 Å². The Morgan fingerprint density at radius 3 is 2.69 bits per heavy atom. The molecule has 3 heterocycles. The van der Waals surface area contributed by atoms with E-state index in [1.165, 1.54) is 67.0 Å². The predicted molar refractivity (Wildman–Crippen MR) is 132 cm³/mol. The summed E-state index contributed by atoms with van der Waals surface area (Å²) in [6.07, 6.45) is 16.5. The lowest BCUT2D eigenvalue weighted by atomic mass is 9.91. The Kier molecular flexibility index (Phi) is 5.95. The molecule has 0 spiro atoms. The molecule has 1 saturated carbocycles. The van der Waals surface area contributed by atoms with Crippen molar-refractivity contribution in [2.75, 3.05) is 0 Å². The van der Waals surface area contributed by atoms with E-state index in [1.54, 1.807) is 0 Å². The van der Waals surface area contributed by atoms with Gasteiger partial charge in [0.1, 0.15) is 0 Å². The van der Waals surface area contributed by atoms with Gasteiger partial charge in [-0.1, -0.05) is 64.2 Å². The van der Waals surface area contributed by atoms with Gasteiger partial charge in [-0.15, -0.1) is 0 Å². The molecule has 0 aliphatic heterocycles. The average molecular weight is 427 g/mol. The summed E-state index contributed by atoms with van der Waals surface area (Å²) in [7, 11) is 0. The second kappa shape index (κ2) is 9.01. The Morgan fingerprint density at radius 2 is 1.81 bits per heavy atom. The molecule has 5 rings (SSSR count). The number of aromatic nitrogens is 4. The number of hydrogen-bond acceptors (Lipinski definition) is 3. The first-order valence-electron chi connectivity index (χ1n) is 12.4. The number of hydrogen-bond donors (Lipinski definition) is 0. The molecule has 1 aliphatic rings. The fraction of sp³-hybridized carbons (Fsp3) is 0.464. The van der Waals surface area contributed by atoms with Gasteiger partial charge >= 0.3 is 0 Å². The van der Waals surface area contributed by atoms with Gasteiger partial charge in [-0.05, 0) is 60.8 Å². The summed E-state index contributed by atoms with van der Waals surface area (Å²) in [5.74, 6) is 1.47. The minimum Gasteiger partial charge on any atom is -0.253 e. The van der Waals surface area contributed by atoms with Crippen molar-refractivity contribution >= 4 is 16.6 Å². The van der Waals surface area contributed by atoms with Crippen molar-refractivity contribution in [2.45, 2.75) is 78.1 Å². The van der Waals surface area contributed by atoms with Crippen LogP contribution in [0.3, 0.4) is 0 Å². The van der Waals surface area contributed by atoms with E-state index in [9.17, 15) is 0 Å². The van der Waals surface area contributed by atoms with Crippen LogP contribution in [0, 0.1) is 12.8 Å². The molecule has 1 aromatic carbocycles. The van der Waals surface area contributed by atoms with Gasteiger partial charge in [0.25, 0.3) is 0 Å². The minimum absolute atomic E-state index is 0.598. The molecule has 0 saturated heterocycles. The van der Waals surface area contributed by atoms with E-state index in [0.29, 0.717) is 5.92 Å². The van der Waals surface area contributed by atoms with Crippen molar-refractivity contribution < 1.29 is 0 Å². The fourth-order valence-electron chi connectivity index (χ4n) is 5.45. The summed E-state index contributed by atoms with van der Waals surface area (Å²) < 4.78 is 1.99. The number of benzene rings is 1. The van der Waals surface area contributed by atoms with Gasteiger partial charge in [0.2, 0.25) is 0 Å². The van der Waals surface area contributed by atoms with Crippen LogP contribution >= 0.6 is 0 Å². The number of nitrogens with zero attached hydrogens (tertiary/aromatic N) is 4. The maximum Gasteiger partial charge on any atom is 0.162 e. The van der Waals surface area contributed by atoms with E-state index in [1.807, 2.05) is 10.7 Å². The van der Waals surface area contributed by atoms with E-state index in [2.05, 4.69) is 57.4 Å². The van der Waals surface area contributed by atoms with Crippen LogP contribution in [-0.4, -0.2) is 19.6 Å². The van der Waals surface area contributed by atoms with Gasteiger partial charge < -0.3 is 0 Å². The molecule has 3 aromatic heterocycles. The van der Waals surface area contributed by atoms with Crippen molar-refractivity contribution in [3.8, 4) is 11.1 Å². The first kappa shape index (κ1) is 21.1. The van der Waals surface area contributed by atoms with E-state index >= 15 is 0 Å². The zero-order valence-electron chi connectivity index (χ0n) is 19.6. The largest absolute Gasteiger partial charge is 0.253 e. The molecule has 2 atom stereocenters. The van der Waals surface area contributed by atoms with Gasteiger partial charge in [-0.2, -0.15) is 5.10 Å². The van der Waals surface area contributed by atoms with Gasteiger partial charge in [0.05, 0.1) is 11.7 Å². The van der Waals surface area contributed by atoms with Crippen LogP contribution in [0.15, 0.2) is 42.9 Å². The Hall–Kier alpha value is -2.75. The monoisotopic (exact) mass is 426 g/mol. The molecule has 4 aromatic rings. The Morgan fingerprint density at radius 1 is 1.00 bits per heavy atom. The number of aryl methyl sites for hydroxylation is 2. The maximum atomic E-state index is 4.94. The SMILES string of the molecule is CCc1cccc2c(-c3cnn4cc(C5CCCCC(C)CCC5)cnc34)cc(C)nc12. The molecular weight excluding hydrogens is 392 g/mol. The number of rotatable bonds is 3. The van der Waals surface area contributed by atoms with Crippen molar-refractivity contribution in [3.05, 3.63) is 59.7 Å². The van der Waals surface area contributed by atoms with Gasteiger partial charge in [0.15, 0.2) is 5.65 Å². The third-order valence-corrected chi connectivity index (χ3v) is 7.32. The highest BCUT2D eigenvalue weighted by Gasteiger charge is 2.18. The minimum atomic E-state index is 0.598. The lowest BCUT2D eigenvalue weighted by Crippen LogP contribution is -2.03. The Labute approximate surface area is 191 Å². The summed E-state index contributed by atoms with van der Waals surface area (Å²) in [6, 6.07) is 8.66. The summed E-state index contributed by atoms with van der Waals surface area (Å²) in [5.41, 5.74) is 7.95. The molecule has 2 unspecified atom stereocenters. The van der Waals surface area contributed by atoms with E-state index < -0.39 is 0 Å². The topological polar surface area (TPSA) is 43.1 Å². The van der Waals surface area contributed by atoms with Crippen molar-refractivity contribution in [1.29, 1.82) is 0 Å². The highest BCUT2D eigenvalue weighted by Crippen LogP contribution is 2.35. The maximum absolute atomic E-state index is 4.94. The quantitative estimate of drug-likeness (QED) is 0.346. The number of fused-ring (bicyclic) bond motifs is 2. The van der Waals surface area contributed by atoms with Crippen LogP contribution in [0.4, 0.5) is 0 Å². The molecular formula is C28H34N4. The lowest BCUT2D eigenvalue weighted by Gasteiger charge is -2.16. The summed E-state index contributed by atoms with van der Waals surface area (Å²) >= 11 is 0. The van der Waals surface area contributed by atoms with Crippen molar-refractivity contribution in [3.63, 3.8) is 0 Å². The fourth-order valence-corrected chi connectivity index (χ4v) is 5.45. The second-order valence-corrected chi connectivity index (χ2v) is 9.71. The van der Waals surface area contributed by atoms with Gasteiger partial charge in [-0.3, -0.25) is 4.98 Å². The lowest BCUT2D eigenvalue weighted by molar-refractivity contribution is 0.462. The molecule has 4 nitrogen and oxygen atoms in total. The summed E-state index contributed by atoms with van der Waals surface area (Å²) in [4.78, 5) is 9.80. The van der Waals surface area contributed by atoms with Crippen LogP contribution in [0.25, 0.3) is 27.7 Å². The standard InChI is InChI=1S/C28H34N4/c1-4-21-12-8-14-24-25(15-20(3)31-27(21)24)26-17-30-32-18-23(16-29-28(26)32)22-11-6-5-9-19(2)10-7-13-22/h8,12,14-19,22H,4-7,9-11,13H2,1-3H3. The number of para-hydroxylation sites is 1. The zero-order chi connectivity index (χ0) is 22.1. The molecule has 0 amide bonds. The molecule has 1 aliphatic carbocycles. The zero-order valence-corrected chi connectivity index (χ0v) is 19.6. The van der Waals surface area contributed by atoms with Crippen LogP contribution in [-0.2, 0) is 6.42 Å². The van der Waals surface area contributed by atoms with Gasteiger partial charge in [0, 0.05) is 29.0 Å². The first-order chi connectivity index (χ1) is 15.6. The molecule has 4 heteroatoms. The smallest absolute Gasteiger partial charge is 0.162 e. The highest BCUT2D eigenvalue weighted by atomic mass is 15.2. The Balaban J connectivity index is 1.54. The molecule has 0 radical (unpaired) electrons. The molecule has 1 fully saturated rings. The van der Waals surface area contributed by atoms with Crippen molar-refractivity contribution in [1.82, 2.24) is 19.6 Å². The molecule has 0 N–H and O–H groups in total. The van der Waals surface area contributed by atoms with Crippen LogP contribution in [0.2, 0.25) is 0 Å². The number of pyridine rings is 1. The third kappa shape index (κ3) is 4.03. The van der Waals surface area contributed by atoms with E-state index in [0.717, 1.165) is 34.8 Å². The highest BCUT2D eigenvalue weighted by molar-refractivity contribution is 5.99. The molecule has 0 bridgehead atoms. The summed E-state index contributed by atoms with van der Waals surface area (Å²) in [6.45, 7) is 6.67. The normalized spacial score (nSPS) is 20.2. The predicted octanol–water partition coefficient (Wildman–Crippen LogP) is 7.28. The first-order valence-corrected chi connectivity index (χ1v) is 12.4. The third-order valence-electron chi connectivity index (χ3n) is 7.32. The summed E-state index contributed by atoms with van der Waals surface area (Å²) in [5, 5.41) is 5.92. The van der Waals surface area contributed by atoms with E-state index in [4.69, 9.17) is 15.1 Å².